The van der Waals surface area contributed by atoms with E-state index in [-0.39, 0.29) is 16.4 Å². The molecule has 126 valence electrons. The van der Waals surface area contributed by atoms with E-state index in [1.54, 1.807) is 36.4 Å². The Morgan fingerprint density at radius 1 is 1.20 bits per heavy atom. The monoisotopic (exact) mass is 436 g/mol. The lowest BCUT2D eigenvalue weighted by molar-refractivity contribution is -0.122. The van der Waals surface area contributed by atoms with Gasteiger partial charge in [0.25, 0.3) is 11.8 Å². The summed E-state index contributed by atoms with van der Waals surface area (Å²) in [5.74, 6) is -1.29. The topological polar surface area (TPSA) is 69.6 Å². The van der Waals surface area contributed by atoms with Crippen molar-refractivity contribution in [1.29, 1.82) is 0 Å². The molecule has 3 rings (SSSR count). The third-order valence-electron chi connectivity index (χ3n) is 3.46. The Labute approximate surface area is 162 Å². The van der Waals surface area contributed by atoms with Gasteiger partial charge in [0.2, 0.25) is 0 Å². The standard InChI is InChI=1S/C17H10BrClN2O3S/c18-10-4-5-14(22)9(6-10)7-13-15(23)20-17(25)21(16(13)24)12-3-1-2-11(19)8-12/h1-8,22H,(H,20,23,25)/b13-7+. The van der Waals surface area contributed by atoms with Crippen LogP contribution in [0.3, 0.4) is 0 Å². The second kappa shape index (κ2) is 6.95. The van der Waals surface area contributed by atoms with E-state index in [0.717, 1.165) is 0 Å². The second-order valence-electron chi connectivity index (χ2n) is 5.14. The number of carbonyl (C=O) groups is 2. The molecule has 0 spiro atoms. The Kier molecular flexibility index (Phi) is 4.89. The maximum Gasteiger partial charge on any atom is 0.270 e. The number of nitrogens with zero attached hydrogens (tertiary/aromatic N) is 1. The highest BCUT2D eigenvalue weighted by Gasteiger charge is 2.34. The smallest absolute Gasteiger partial charge is 0.270 e. The Hall–Kier alpha value is -2.22. The van der Waals surface area contributed by atoms with Gasteiger partial charge in [0.1, 0.15) is 11.3 Å². The van der Waals surface area contributed by atoms with Crippen LogP contribution in [0, 0.1) is 0 Å². The Bertz CT molecular complexity index is 945. The molecule has 0 aromatic heterocycles. The summed E-state index contributed by atoms with van der Waals surface area (Å²) in [4.78, 5) is 26.2. The molecule has 1 heterocycles. The molecule has 0 saturated carbocycles. The maximum absolute atomic E-state index is 12.8. The van der Waals surface area contributed by atoms with Crippen LogP contribution in [0.4, 0.5) is 5.69 Å². The first-order valence-corrected chi connectivity index (χ1v) is 8.60. The van der Waals surface area contributed by atoms with Gasteiger partial charge in [-0.15, -0.1) is 0 Å². The fraction of sp³-hybridized carbons (Fsp3) is 0. The van der Waals surface area contributed by atoms with Crippen molar-refractivity contribution >= 4 is 68.4 Å². The molecule has 0 unspecified atom stereocenters. The minimum atomic E-state index is -0.632. The summed E-state index contributed by atoms with van der Waals surface area (Å²) < 4.78 is 0.697. The largest absolute Gasteiger partial charge is 0.507 e. The number of amides is 2. The average Bonchev–Trinajstić information content (AvgIpc) is 2.54. The first-order valence-electron chi connectivity index (χ1n) is 7.02. The van der Waals surface area contributed by atoms with E-state index in [1.165, 1.54) is 17.0 Å². The van der Waals surface area contributed by atoms with Crippen LogP contribution in [0.25, 0.3) is 6.08 Å². The predicted molar refractivity (Wildman–Crippen MR) is 103 cm³/mol. The van der Waals surface area contributed by atoms with Crippen LogP contribution >= 0.6 is 39.7 Å². The van der Waals surface area contributed by atoms with E-state index in [2.05, 4.69) is 21.2 Å². The van der Waals surface area contributed by atoms with Crippen LogP contribution in [-0.2, 0) is 9.59 Å². The zero-order chi connectivity index (χ0) is 18.1. The third-order valence-corrected chi connectivity index (χ3v) is 4.47. The van der Waals surface area contributed by atoms with Crippen LogP contribution < -0.4 is 10.2 Å². The molecule has 1 aliphatic heterocycles. The predicted octanol–water partition coefficient (Wildman–Crippen LogP) is 3.64. The number of carbonyl (C=O) groups excluding carboxylic acids is 2. The molecular formula is C17H10BrClN2O3S. The quantitative estimate of drug-likeness (QED) is 0.428. The Morgan fingerprint density at radius 2 is 1.96 bits per heavy atom. The number of hydrogen-bond acceptors (Lipinski definition) is 4. The molecule has 0 radical (unpaired) electrons. The van der Waals surface area contributed by atoms with Gasteiger partial charge in [-0.25, -0.2) is 0 Å². The van der Waals surface area contributed by atoms with Crippen LogP contribution in [0.15, 0.2) is 52.5 Å². The highest BCUT2D eigenvalue weighted by Crippen LogP contribution is 2.28. The lowest BCUT2D eigenvalue weighted by Gasteiger charge is -2.29. The van der Waals surface area contributed by atoms with Crippen LogP contribution in [0.1, 0.15) is 5.56 Å². The van der Waals surface area contributed by atoms with E-state index in [0.29, 0.717) is 20.7 Å². The van der Waals surface area contributed by atoms with Crippen molar-refractivity contribution in [3.05, 3.63) is 63.1 Å². The SMILES string of the molecule is O=C1NC(=S)N(c2cccc(Cl)c2)C(=O)/C1=C/c1cc(Br)ccc1O. The summed E-state index contributed by atoms with van der Waals surface area (Å²) in [5.41, 5.74) is 0.612. The van der Waals surface area contributed by atoms with E-state index in [1.807, 2.05) is 0 Å². The lowest BCUT2D eigenvalue weighted by Crippen LogP contribution is -2.54. The van der Waals surface area contributed by atoms with E-state index in [4.69, 9.17) is 23.8 Å². The van der Waals surface area contributed by atoms with Gasteiger partial charge in [-0.2, -0.15) is 0 Å². The minimum Gasteiger partial charge on any atom is -0.507 e. The highest BCUT2D eigenvalue weighted by atomic mass is 79.9. The number of phenols is 1. The van der Waals surface area contributed by atoms with Gasteiger partial charge in [-0.3, -0.25) is 19.8 Å². The fourth-order valence-corrected chi connectivity index (χ4v) is 3.15. The molecular weight excluding hydrogens is 428 g/mol. The van der Waals surface area contributed by atoms with Crippen molar-refractivity contribution in [2.24, 2.45) is 0 Å². The normalized spacial score (nSPS) is 16.3. The molecule has 5 nitrogen and oxygen atoms in total. The number of anilines is 1. The van der Waals surface area contributed by atoms with Crippen molar-refractivity contribution in [3.8, 4) is 5.75 Å². The number of thiocarbonyl (C=S) groups is 1. The van der Waals surface area contributed by atoms with Gasteiger partial charge in [0, 0.05) is 15.1 Å². The van der Waals surface area contributed by atoms with E-state index >= 15 is 0 Å². The number of benzene rings is 2. The number of phenolic OH excluding ortho intramolecular Hbond substituents is 1. The molecule has 1 aliphatic rings. The zero-order valence-electron chi connectivity index (χ0n) is 12.5. The van der Waals surface area contributed by atoms with Gasteiger partial charge in [0.05, 0.1) is 5.69 Å². The Balaban J connectivity index is 2.07. The summed E-state index contributed by atoms with van der Waals surface area (Å²) >= 11 is 14.4. The van der Waals surface area contributed by atoms with Gasteiger partial charge in [-0.05, 0) is 54.7 Å². The molecule has 8 heteroatoms. The number of nitrogens with one attached hydrogen (secondary N) is 1. The molecule has 25 heavy (non-hydrogen) atoms. The van der Waals surface area contributed by atoms with Crippen molar-refractivity contribution in [3.63, 3.8) is 0 Å². The summed E-state index contributed by atoms with van der Waals surface area (Å²) in [6.45, 7) is 0. The number of aromatic hydroxyl groups is 1. The lowest BCUT2D eigenvalue weighted by atomic mass is 10.1. The van der Waals surface area contributed by atoms with Crippen LogP contribution in [-0.4, -0.2) is 22.0 Å². The molecule has 2 N–H and O–H groups in total. The Morgan fingerprint density at radius 3 is 2.68 bits per heavy atom. The molecule has 2 amide bonds. The number of rotatable bonds is 2. The number of halogens is 2. The van der Waals surface area contributed by atoms with Crippen molar-refractivity contribution in [2.45, 2.75) is 0 Å². The third kappa shape index (κ3) is 3.58. The van der Waals surface area contributed by atoms with Gasteiger partial charge < -0.3 is 5.11 Å². The van der Waals surface area contributed by atoms with Crippen molar-refractivity contribution < 1.29 is 14.7 Å². The van der Waals surface area contributed by atoms with Gasteiger partial charge in [0.15, 0.2) is 5.11 Å². The molecule has 0 aliphatic carbocycles. The fourth-order valence-electron chi connectivity index (χ4n) is 2.30. The maximum atomic E-state index is 12.8. The van der Waals surface area contributed by atoms with Crippen LogP contribution in [0.5, 0.6) is 5.75 Å². The van der Waals surface area contributed by atoms with Crippen LogP contribution in [0.2, 0.25) is 5.02 Å². The zero-order valence-corrected chi connectivity index (χ0v) is 15.7. The molecule has 0 bridgehead atoms. The second-order valence-corrected chi connectivity index (χ2v) is 6.88. The minimum absolute atomic E-state index is 0.0344. The average molecular weight is 438 g/mol. The van der Waals surface area contributed by atoms with Gasteiger partial charge >= 0.3 is 0 Å². The first kappa shape index (κ1) is 17.6. The van der Waals surface area contributed by atoms with E-state index in [9.17, 15) is 14.7 Å². The molecule has 2 aromatic carbocycles. The summed E-state index contributed by atoms with van der Waals surface area (Å²) in [6, 6.07) is 11.3. The summed E-state index contributed by atoms with van der Waals surface area (Å²) in [7, 11) is 0. The number of hydrogen-bond donors (Lipinski definition) is 2. The summed E-state index contributed by atoms with van der Waals surface area (Å²) in [6.07, 6.45) is 1.32. The molecule has 1 saturated heterocycles. The van der Waals surface area contributed by atoms with E-state index < -0.39 is 11.8 Å². The van der Waals surface area contributed by atoms with Crippen molar-refractivity contribution in [2.75, 3.05) is 4.90 Å². The molecule has 0 atom stereocenters. The highest BCUT2D eigenvalue weighted by molar-refractivity contribution is 9.10. The molecule has 2 aromatic rings. The van der Waals surface area contributed by atoms with Crippen molar-refractivity contribution in [1.82, 2.24) is 5.32 Å². The van der Waals surface area contributed by atoms with Gasteiger partial charge in [-0.1, -0.05) is 33.6 Å². The molecule has 1 fully saturated rings. The summed E-state index contributed by atoms with van der Waals surface area (Å²) in [5, 5.41) is 12.8. The first-order chi connectivity index (χ1) is 11.9.